The molecule has 0 atom stereocenters. The van der Waals surface area contributed by atoms with Crippen molar-refractivity contribution in [3.05, 3.63) is 182 Å². The molecule has 4 aromatic heterocycles. The summed E-state index contributed by atoms with van der Waals surface area (Å²) in [6.45, 7) is 0. The molecule has 0 aliphatic carbocycles. The zero-order chi connectivity index (χ0) is 37.5. The summed E-state index contributed by atoms with van der Waals surface area (Å²) in [5.41, 5.74) is 11.6. The van der Waals surface area contributed by atoms with Crippen LogP contribution >= 0.6 is 0 Å². The molecular formula is C51H30N4O2. The summed E-state index contributed by atoms with van der Waals surface area (Å²) in [6, 6.07) is 62.7. The zero-order valence-electron chi connectivity index (χ0n) is 30.4. The molecule has 0 saturated carbocycles. The van der Waals surface area contributed by atoms with Crippen molar-refractivity contribution in [2.45, 2.75) is 0 Å². The third kappa shape index (κ3) is 5.01. The number of benzene rings is 8. The molecule has 0 amide bonds. The first-order chi connectivity index (χ1) is 28.2. The van der Waals surface area contributed by atoms with Gasteiger partial charge in [-0.3, -0.25) is 0 Å². The van der Waals surface area contributed by atoms with Crippen LogP contribution in [-0.4, -0.2) is 19.5 Å². The summed E-state index contributed by atoms with van der Waals surface area (Å²) >= 11 is 0. The normalized spacial score (nSPS) is 11.9. The molecule has 0 aliphatic rings. The van der Waals surface area contributed by atoms with Crippen molar-refractivity contribution in [2.75, 3.05) is 0 Å². The van der Waals surface area contributed by atoms with Crippen molar-refractivity contribution in [1.29, 1.82) is 0 Å². The first kappa shape index (κ1) is 31.5. The number of furan rings is 2. The molecule has 0 bridgehead atoms. The Bertz CT molecular complexity index is 3530. The van der Waals surface area contributed by atoms with Crippen LogP contribution in [0.5, 0.6) is 0 Å². The Hall–Kier alpha value is -7.83. The lowest BCUT2D eigenvalue weighted by atomic mass is 10.0. The van der Waals surface area contributed by atoms with Gasteiger partial charge in [-0.25, -0.2) is 15.0 Å². The van der Waals surface area contributed by atoms with Crippen molar-refractivity contribution >= 4 is 65.7 Å². The fourth-order valence-corrected chi connectivity index (χ4v) is 8.39. The summed E-state index contributed by atoms with van der Waals surface area (Å²) < 4.78 is 15.2. The molecule has 12 aromatic rings. The SMILES string of the molecule is c1ccc(-c2ccc3c(c2)oc2cccc(-n4c5ccccc5c5cc(-c6nc(-c7ccccc7)nc(-c7ccc8c(c7)oc7ccccc78)n6)ccc54)c23)cc1. The largest absolute Gasteiger partial charge is 0.456 e. The Morgan fingerprint density at radius 2 is 0.860 bits per heavy atom. The maximum atomic E-state index is 6.55. The number of aromatic nitrogens is 4. The van der Waals surface area contributed by atoms with E-state index in [1.54, 1.807) is 0 Å². The van der Waals surface area contributed by atoms with Crippen LogP contribution in [0.15, 0.2) is 191 Å². The molecule has 0 saturated heterocycles. The lowest BCUT2D eigenvalue weighted by molar-refractivity contribution is 0.668. The van der Waals surface area contributed by atoms with Gasteiger partial charge in [0.25, 0.3) is 0 Å². The fourth-order valence-electron chi connectivity index (χ4n) is 8.39. The smallest absolute Gasteiger partial charge is 0.164 e. The summed E-state index contributed by atoms with van der Waals surface area (Å²) in [5, 5.41) is 6.54. The quantitative estimate of drug-likeness (QED) is 0.176. The lowest BCUT2D eigenvalue weighted by Gasteiger charge is -2.11. The van der Waals surface area contributed by atoms with E-state index in [2.05, 4.69) is 126 Å². The molecule has 0 radical (unpaired) electrons. The van der Waals surface area contributed by atoms with Gasteiger partial charge in [-0.15, -0.1) is 0 Å². The zero-order valence-corrected chi connectivity index (χ0v) is 30.4. The summed E-state index contributed by atoms with van der Waals surface area (Å²) in [5.74, 6) is 1.79. The molecular weight excluding hydrogens is 701 g/mol. The van der Waals surface area contributed by atoms with Crippen molar-refractivity contribution in [2.24, 2.45) is 0 Å². The highest BCUT2D eigenvalue weighted by Crippen LogP contribution is 2.41. The number of hydrogen-bond acceptors (Lipinski definition) is 5. The van der Waals surface area contributed by atoms with E-state index in [4.69, 9.17) is 23.8 Å². The maximum absolute atomic E-state index is 6.55. The molecule has 6 nitrogen and oxygen atoms in total. The minimum atomic E-state index is 0.581. The van der Waals surface area contributed by atoms with Crippen LogP contribution in [0.25, 0.3) is 117 Å². The van der Waals surface area contributed by atoms with Crippen molar-refractivity contribution in [1.82, 2.24) is 19.5 Å². The van der Waals surface area contributed by atoms with Crippen LogP contribution < -0.4 is 0 Å². The minimum Gasteiger partial charge on any atom is -0.456 e. The van der Waals surface area contributed by atoms with Gasteiger partial charge in [0, 0.05) is 43.6 Å². The molecule has 57 heavy (non-hydrogen) atoms. The molecule has 12 rings (SSSR count). The van der Waals surface area contributed by atoms with E-state index in [0.717, 1.165) is 99.2 Å². The number of rotatable bonds is 5. The average molecular weight is 731 g/mol. The van der Waals surface area contributed by atoms with Crippen LogP contribution in [0.3, 0.4) is 0 Å². The molecule has 0 fully saturated rings. The second-order valence-corrected chi connectivity index (χ2v) is 14.4. The predicted molar refractivity (Wildman–Crippen MR) is 230 cm³/mol. The Labute approximate surface area is 325 Å². The Morgan fingerprint density at radius 1 is 0.316 bits per heavy atom. The number of fused-ring (bicyclic) bond motifs is 9. The van der Waals surface area contributed by atoms with Crippen LogP contribution in [0.1, 0.15) is 0 Å². The van der Waals surface area contributed by atoms with Gasteiger partial charge in [0.2, 0.25) is 0 Å². The van der Waals surface area contributed by atoms with Crippen molar-refractivity contribution in [3.63, 3.8) is 0 Å². The van der Waals surface area contributed by atoms with E-state index in [1.165, 1.54) is 0 Å². The van der Waals surface area contributed by atoms with Gasteiger partial charge >= 0.3 is 0 Å². The third-order valence-electron chi connectivity index (χ3n) is 11.1. The lowest BCUT2D eigenvalue weighted by Crippen LogP contribution is -2.00. The van der Waals surface area contributed by atoms with E-state index in [9.17, 15) is 0 Å². The molecule has 6 heteroatoms. The maximum Gasteiger partial charge on any atom is 0.164 e. The van der Waals surface area contributed by atoms with Gasteiger partial charge in [0.15, 0.2) is 17.5 Å². The first-order valence-corrected chi connectivity index (χ1v) is 19.0. The van der Waals surface area contributed by atoms with Gasteiger partial charge in [-0.1, -0.05) is 115 Å². The molecule has 266 valence electrons. The fraction of sp³-hybridized carbons (Fsp3) is 0. The standard InChI is InChI=1S/C51H30N4O2/c1-3-12-31(13-4-1)33-22-26-39-47(29-33)57-45-21-11-19-43(48(39)45)55-41-18-9-7-16-36(41)40-28-34(24-27-42(40)55)50-52-49(32-14-5-2-6-15-32)53-51(54-50)35-23-25-38-37-17-8-10-20-44(37)56-46(38)30-35/h1-30H. The topological polar surface area (TPSA) is 69.9 Å². The monoisotopic (exact) mass is 730 g/mol. The third-order valence-corrected chi connectivity index (χ3v) is 11.1. The first-order valence-electron chi connectivity index (χ1n) is 19.0. The number of hydrogen-bond donors (Lipinski definition) is 0. The van der Waals surface area contributed by atoms with Crippen LogP contribution in [-0.2, 0) is 0 Å². The Balaban J connectivity index is 1.04. The second kappa shape index (κ2) is 12.3. The molecule has 0 N–H and O–H groups in total. The van der Waals surface area contributed by atoms with Gasteiger partial charge in [-0.2, -0.15) is 0 Å². The predicted octanol–water partition coefficient (Wildman–Crippen LogP) is 13.4. The molecule has 0 aliphatic heterocycles. The van der Waals surface area contributed by atoms with Crippen LogP contribution in [0.4, 0.5) is 0 Å². The summed E-state index contributed by atoms with van der Waals surface area (Å²) in [7, 11) is 0. The van der Waals surface area contributed by atoms with Crippen LogP contribution in [0, 0.1) is 0 Å². The summed E-state index contributed by atoms with van der Waals surface area (Å²) in [4.78, 5) is 15.2. The van der Waals surface area contributed by atoms with Gasteiger partial charge in [-0.05, 0) is 77.9 Å². The molecule has 0 unspecified atom stereocenters. The van der Waals surface area contributed by atoms with E-state index in [1.807, 2.05) is 60.7 Å². The second-order valence-electron chi connectivity index (χ2n) is 14.4. The van der Waals surface area contributed by atoms with Gasteiger partial charge in [0.05, 0.1) is 22.1 Å². The molecule has 4 heterocycles. The van der Waals surface area contributed by atoms with E-state index >= 15 is 0 Å². The van der Waals surface area contributed by atoms with Crippen LogP contribution in [0.2, 0.25) is 0 Å². The Kier molecular flexibility index (Phi) is 6.83. The van der Waals surface area contributed by atoms with Gasteiger partial charge < -0.3 is 13.4 Å². The van der Waals surface area contributed by atoms with E-state index in [-0.39, 0.29) is 0 Å². The highest BCUT2D eigenvalue weighted by molar-refractivity contribution is 6.15. The highest BCUT2D eigenvalue weighted by Gasteiger charge is 2.20. The van der Waals surface area contributed by atoms with E-state index in [0.29, 0.717) is 17.5 Å². The average Bonchev–Trinajstić information content (AvgIpc) is 3.95. The van der Waals surface area contributed by atoms with Gasteiger partial charge in [0.1, 0.15) is 22.3 Å². The summed E-state index contributed by atoms with van der Waals surface area (Å²) in [6.07, 6.45) is 0. The molecule has 0 spiro atoms. The highest BCUT2D eigenvalue weighted by atomic mass is 16.3. The Morgan fingerprint density at radius 3 is 1.68 bits per heavy atom. The molecule has 8 aromatic carbocycles. The van der Waals surface area contributed by atoms with Crippen molar-refractivity contribution in [3.8, 4) is 51.0 Å². The minimum absolute atomic E-state index is 0.581. The van der Waals surface area contributed by atoms with E-state index < -0.39 is 0 Å². The number of para-hydroxylation sites is 2. The number of nitrogens with zero attached hydrogens (tertiary/aromatic N) is 4. The van der Waals surface area contributed by atoms with Crippen molar-refractivity contribution < 1.29 is 8.83 Å².